The van der Waals surface area contributed by atoms with Crippen LogP contribution in [-0.2, 0) is 24.0 Å². The molecule has 0 saturated carbocycles. The largest absolute Gasteiger partial charge is 0.489 e. The lowest BCUT2D eigenvalue weighted by Gasteiger charge is -2.16. The molecule has 0 fully saturated rings. The van der Waals surface area contributed by atoms with Crippen LogP contribution in [0.5, 0.6) is 5.75 Å². The van der Waals surface area contributed by atoms with Gasteiger partial charge in [-0.2, -0.15) is 13.2 Å². The number of H-pyrrole nitrogens is 1. The molecular formula is C23H23F3N2O3. The minimum absolute atomic E-state index is 0.00778. The lowest BCUT2D eigenvalue weighted by Crippen LogP contribution is -2.11. The molecule has 0 amide bonds. The highest BCUT2D eigenvalue weighted by Crippen LogP contribution is 2.41. The predicted octanol–water partition coefficient (Wildman–Crippen LogP) is 5.70. The van der Waals surface area contributed by atoms with Gasteiger partial charge in [-0.3, -0.25) is 4.79 Å². The number of rotatable bonds is 7. The van der Waals surface area contributed by atoms with Gasteiger partial charge in [0, 0.05) is 28.8 Å². The zero-order valence-corrected chi connectivity index (χ0v) is 17.0. The molecule has 164 valence electrons. The van der Waals surface area contributed by atoms with E-state index in [-0.39, 0.29) is 24.6 Å². The molecule has 1 unspecified atom stereocenters. The number of nitrogens with one attached hydrogen (secondary N) is 2. The van der Waals surface area contributed by atoms with Gasteiger partial charge in [-0.05, 0) is 67.1 Å². The van der Waals surface area contributed by atoms with Crippen LogP contribution in [0, 0.1) is 0 Å². The third-order valence-corrected chi connectivity index (χ3v) is 5.63. The highest BCUT2D eigenvalue weighted by Gasteiger charge is 2.34. The van der Waals surface area contributed by atoms with Crippen LogP contribution in [0.15, 0.2) is 36.4 Å². The molecule has 1 heterocycles. The molecule has 1 aliphatic rings. The van der Waals surface area contributed by atoms with Gasteiger partial charge in [-0.15, -0.1) is 0 Å². The molecule has 0 bridgehead atoms. The van der Waals surface area contributed by atoms with Crippen LogP contribution in [0.1, 0.15) is 48.1 Å². The topological polar surface area (TPSA) is 74.3 Å². The number of ether oxygens (including phenoxy) is 1. The van der Waals surface area contributed by atoms with E-state index in [1.165, 1.54) is 6.07 Å². The Bertz CT molecular complexity index is 1120. The van der Waals surface area contributed by atoms with Gasteiger partial charge < -0.3 is 20.1 Å². The highest BCUT2D eigenvalue weighted by molar-refractivity contribution is 5.88. The average Bonchev–Trinajstić information content (AvgIpc) is 3.25. The number of carboxylic acids is 1. The second-order valence-corrected chi connectivity index (χ2v) is 7.75. The van der Waals surface area contributed by atoms with Gasteiger partial charge in [-0.1, -0.05) is 6.07 Å². The maximum Gasteiger partial charge on any atom is 0.418 e. The van der Waals surface area contributed by atoms with Gasteiger partial charge in [0.25, 0.3) is 0 Å². The summed E-state index contributed by atoms with van der Waals surface area (Å²) in [5, 5.41) is 12.8. The SMILES string of the molecule is CCNc1ccc(COc2ccc3[nH]c4c(c3c2)C(CC(=O)O)CC4)cc1C(F)(F)F. The van der Waals surface area contributed by atoms with E-state index in [9.17, 15) is 23.1 Å². The first-order valence-electron chi connectivity index (χ1n) is 10.2. The number of carbonyl (C=O) groups is 1. The molecule has 2 aromatic carbocycles. The van der Waals surface area contributed by atoms with E-state index in [1.807, 2.05) is 12.1 Å². The zero-order chi connectivity index (χ0) is 22.2. The number of hydrogen-bond donors (Lipinski definition) is 3. The van der Waals surface area contributed by atoms with Gasteiger partial charge >= 0.3 is 12.1 Å². The zero-order valence-electron chi connectivity index (χ0n) is 17.0. The Labute approximate surface area is 177 Å². The number of aromatic amines is 1. The number of halogens is 3. The molecule has 0 aliphatic heterocycles. The molecule has 1 aromatic heterocycles. The van der Waals surface area contributed by atoms with E-state index in [4.69, 9.17) is 4.74 Å². The van der Waals surface area contributed by atoms with Crippen molar-refractivity contribution in [3.05, 3.63) is 58.8 Å². The quantitative estimate of drug-likeness (QED) is 0.448. The maximum atomic E-state index is 13.4. The van der Waals surface area contributed by atoms with Gasteiger partial charge in [-0.25, -0.2) is 0 Å². The third-order valence-electron chi connectivity index (χ3n) is 5.63. The number of aliphatic carboxylic acids is 1. The van der Waals surface area contributed by atoms with Crippen LogP contribution in [0.2, 0.25) is 0 Å². The van der Waals surface area contributed by atoms with Gasteiger partial charge in [0.1, 0.15) is 12.4 Å². The summed E-state index contributed by atoms with van der Waals surface area (Å²) in [5.74, 6) is -0.356. The van der Waals surface area contributed by atoms with Crippen LogP contribution in [0.3, 0.4) is 0 Å². The van der Waals surface area contributed by atoms with Crippen molar-refractivity contribution in [1.29, 1.82) is 0 Å². The molecule has 0 radical (unpaired) electrons. The van der Waals surface area contributed by atoms with Crippen molar-refractivity contribution in [1.82, 2.24) is 4.98 Å². The lowest BCUT2D eigenvalue weighted by atomic mass is 9.96. The Morgan fingerprint density at radius 1 is 1.26 bits per heavy atom. The maximum absolute atomic E-state index is 13.4. The first-order chi connectivity index (χ1) is 14.8. The smallest absolute Gasteiger partial charge is 0.418 e. The number of carboxylic acid groups (broad SMARTS) is 1. The van der Waals surface area contributed by atoms with Crippen LogP contribution in [0.25, 0.3) is 10.9 Å². The predicted molar refractivity (Wildman–Crippen MR) is 112 cm³/mol. The highest BCUT2D eigenvalue weighted by atomic mass is 19.4. The number of aryl methyl sites for hydroxylation is 1. The lowest BCUT2D eigenvalue weighted by molar-refractivity contribution is -0.138. The van der Waals surface area contributed by atoms with Crippen LogP contribution >= 0.6 is 0 Å². The van der Waals surface area contributed by atoms with Crippen LogP contribution in [-0.4, -0.2) is 22.6 Å². The molecule has 5 nitrogen and oxygen atoms in total. The molecule has 0 saturated heterocycles. The fourth-order valence-electron chi connectivity index (χ4n) is 4.31. The summed E-state index contributed by atoms with van der Waals surface area (Å²) in [6.45, 7) is 2.13. The normalized spacial score (nSPS) is 15.8. The molecule has 3 aromatic rings. The summed E-state index contributed by atoms with van der Waals surface area (Å²) in [5.41, 5.74) is 2.71. The first-order valence-corrected chi connectivity index (χ1v) is 10.2. The Hall–Kier alpha value is -3.16. The molecule has 4 rings (SSSR count). The monoisotopic (exact) mass is 432 g/mol. The number of alkyl halides is 3. The molecule has 3 N–H and O–H groups in total. The molecule has 8 heteroatoms. The number of anilines is 1. The van der Waals surface area contributed by atoms with Gasteiger partial charge in [0.05, 0.1) is 12.0 Å². The van der Waals surface area contributed by atoms with E-state index in [1.54, 1.807) is 19.1 Å². The summed E-state index contributed by atoms with van der Waals surface area (Å²) >= 11 is 0. The summed E-state index contributed by atoms with van der Waals surface area (Å²) in [6.07, 6.45) is -2.80. The molecule has 1 atom stereocenters. The fraction of sp³-hybridized carbons (Fsp3) is 0.348. The number of aromatic nitrogens is 1. The van der Waals surface area contributed by atoms with Crippen molar-refractivity contribution < 1.29 is 27.8 Å². The van der Waals surface area contributed by atoms with Crippen molar-refractivity contribution in [2.45, 2.75) is 44.9 Å². The number of hydrogen-bond acceptors (Lipinski definition) is 3. The van der Waals surface area contributed by atoms with Crippen LogP contribution < -0.4 is 10.1 Å². The number of fused-ring (bicyclic) bond motifs is 3. The van der Waals surface area contributed by atoms with Gasteiger partial charge in [0.15, 0.2) is 0 Å². The minimum Gasteiger partial charge on any atom is -0.489 e. The van der Waals surface area contributed by atoms with Crippen molar-refractivity contribution in [2.24, 2.45) is 0 Å². The Kier molecular flexibility index (Phi) is 5.56. The second kappa shape index (κ2) is 8.17. The summed E-state index contributed by atoms with van der Waals surface area (Å²) in [6, 6.07) is 9.59. The van der Waals surface area contributed by atoms with E-state index < -0.39 is 17.7 Å². The molecular weight excluding hydrogens is 409 g/mol. The minimum atomic E-state index is -4.46. The fourth-order valence-corrected chi connectivity index (χ4v) is 4.31. The van der Waals surface area contributed by atoms with Crippen molar-refractivity contribution in [3.8, 4) is 5.75 Å². The Morgan fingerprint density at radius 3 is 2.77 bits per heavy atom. The molecule has 1 aliphatic carbocycles. The van der Waals surface area contributed by atoms with E-state index >= 15 is 0 Å². The van der Waals surface area contributed by atoms with Crippen molar-refractivity contribution in [3.63, 3.8) is 0 Å². The second-order valence-electron chi connectivity index (χ2n) is 7.75. The molecule has 0 spiro atoms. The first kappa shape index (κ1) is 21.1. The summed E-state index contributed by atoms with van der Waals surface area (Å²) in [4.78, 5) is 14.5. The van der Waals surface area contributed by atoms with Crippen molar-refractivity contribution >= 4 is 22.6 Å². The Balaban J connectivity index is 1.57. The standard InChI is InChI=1S/C23H23F3N2O3/c1-2-27-19-6-3-13(9-17(19)23(24,25)26)12-31-15-5-8-18-16(11-15)22-14(10-21(29)30)4-7-20(22)28-18/h3,5-6,8-9,11,14,27-28H,2,4,7,10,12H2,1H3,(H,29,30). The van der Waals surface area contributed by atoms with E-state index in [0.717, 1.165) is 41.1 Å². The Morgan fingerprint density at radius 2 is 2.06 bits per heavy atom. The van der Waals surface area contributed by atoms with Gasteiger partial charge in [0.2, 0.25) is 0 Å². The third kappa shape index (κ3) is 4.33. The average molecular weight is 432 g/mol. The van der Waals surface area contributed by atoms with Crippen molar-refractivity contribution in [2.75, 3.05) is 11.9 Å². The van der Waals surface area contributed by atoms with Crippen LogP contribution in [0.4, 0.5) is 18.9 Å². The van der Waals surface area contributed by atoms with E-state index in [2.05, 4.69) is 10.3 Å². The molecule has 31 heavy (non-hydrogen) atoms. The number of benzene rings is 2. The summed E-state index contributed by atoms with van der Waals surface area (Å²) in [7, 11) is 0. The summed E-state index contributed by atoms with van der Waals surface area (Å²) < 4.78 is 45.9. The van der Waals surface area contributed by atoms with E-state index in [0.29, 0.717) is 17.9 Å².